The third kappa shape index (κ3) is 4.07. The smallest absolute Gasteiger partial charge is 0.322 e. The third-order valence-corrected chi connectivity index (χ3v) is 4.03. The van der Waals surface area contributed by atoms with Gasteiger partial charge < -0.3 is 15.7 Å². The zero-order valence-electron chi connectivity index (χ0n) is 12.5. The minimum Gasteiger partial charge on any atom is -0.480 e. The summed E-state index contributed by atoms with van der Waals surface area (Å²) < 4.78 is 0. The van der Waals surface area contributed by atoms with Crippen molar-refractivity contribution < 1.29 is 19.5 Å². The third-order valence-electron chi connectivity index (χ3n) is 4.03. The lowest BCUT2D eigenvalue weighted by atomic mass is 10.0. The zero-order valence-corrected chi connectivity index (χ0v) is 12.5. The fraction of sp³-hybridized carbons (Fsp3) is 0.438. The van der Waals surface area contributed by atoms with E-state index >= 15 is 0 Å². The second-order valence-corrected chi connectivity index (χ2v) is 5.63. The second-order valence-electron chi connectivity index (χ2n) is 5.63. The van der Waals surface area contributed by atoms with Gasteiger partial charge in [0, 0.05) is 11.1 Å². The van der Waals surface area contributed by atoms with E-state index in [0.29, 0.717) is 5.69 Å². The molecule has 2 rings (SSSR count). The number of anilines is 1. The molecule has 0 atom stereocenters. The van der Waals surface area contributed by atoms with Crippen LogP contribution in [0.15, 0.2) is 24.3 Å². The van der Waals surface area contributed by atoms with Crippen LogP contribution in [-0.4, -0.2) is 29.4 Å². The first kappa shape index (κ1) is 16.0. The van der Waals surface area contributed by atoms with E-state index in [9.17, 15) is 14.4 Å². The van der Waals surface area contributed by atoms with E-state index in [0.717, 1.165) is 24.8 Å². The molecule has 1 aromatic carbocycles. The summed E-state index contributed by atoms with van der Waals surface area (Å²) in [6, 6.07) is 7.01. The maximum atomic E-state index is 12.1. The lowest BCUT2D eigenvalue weighted by Gasteiger charge is -2.13. The molecule has 1 aliphatic carbocycles. The first-order valence-electron chi connectivity index (χ1n) is 7.34. The maximum Gasteiger partial charge on any atom is 0.322 e. The van der Waals surface area contributed by atoms with Crippen molar-refractivity contribution in [1.82, 2.24) is 5.32 Å². The molecule has 0 unspecified atom stereocenters. The van der Waals surface area contributed by atoms with Gasteiger partial charge in [-0.1, -0.05) is 19.1 Å². The molecule has 0 bridgehead atoms. The van der Waals surface area contributed by atoms with Crippen molar-refractivity contribution in [2.45, 2.75) is 32.6 Å². The highest BCUT2D eigenvalue weighted by molar-refractivity contribution is 5.97. The highest BCUT2D eigenvalue weighted by atomic mass is 16.4. The van der Waals surface area contributed by atoms with Gasteiger partial charge >= 0.3 is 5.97 Å². The molecule has 1 fully saturated rings. The molecule has 3 N–H and O–H groups in total. The van der Waals surface area contributed by atoms with Crippen LogP contribution in [0.1, 0.15) is 31.7 Å². The van der Waals surface area contributed by atoms with E-state index in [1.807, 2.05) is 6.92 Å². The van der Waals surface area contributed by atoms with Gasteiger partial charge in [-0.05, 0) is 37.0 Å². The number of carbonyl (C=O) groups excluding carboxylic acids is 2. The summed E-state index contributed by atoms with van der Waals surface area (Å²) in [5.74, 6) is -1.36. The molecule has 0 spiro atoms. The summed E-state index contributed by atoms with van der Waals surface area (Å²) >= 11 is 0. The molecule has 0 aromatic heterocycles. The lowest BCUT2D eigenvalue weighted by molar-refractivity contribution is -0.137. The number of carboxylic acids is 1. The number of carboxylic acid groups (broad SMARTS) is 1. The molecule has 1 aromatic rings. The first-order valence-corrected chi connectivity index (χ1v) is 7.34. The quantitative estimate of drug-likeness (QED) is 0.712. The van der Waals surface area contributed by atoms with Crippen molar-refractivity contribution in [1.29, 1.82) is 0 Å². The van der Waals surface area contributed by atoms with Crippen LogP contribution in [-0.2, 0) is 20.8 Å². The van der Waals surface area contributed by atoms with Crippen LogP contribution in [0, 0.1) is 5.41 Å². The number of aliphatic carboxylic acids is 1. The highest BCUT2D eigenvalue weighted by Crippen LogP contribution is 2.49. The van der Waals surface area contributed by atoms with E-state index in [-0.39, 0.29) is 30.2 Å². The highest BCUT2D eigenvalue weighted by Gasteiger charge is 2.47. The predicted octanol–water partition coefficient (Wildman–Crippen LogP) is 1.56. The number of amides is 2. The summed E-state index contributed by atoms with van der Waals surface area (Å²) in [7, 11) is 0. The van der Waals surface area contributed by atoms with Crippen molar-refractivity contribution in [2.75, 3.05) is 11.9 Å². The number of hydrogen-bond donors (Lipinski definition) is 3. The Hall–Kier alpha value is -2.37. The first-order chi connectivity index (χ1) is 10.4. The molecule has 22 heavy (non-hydrogen) atoms. The summed E-state index contributed by atoms with van der Waals surface area (Å²) in [4.78, 5) is 34.0. The Labute approximate surface area is 128 Å². The SMILES string of the molecule is CCC1(C(=O)Nc2ccc(CC(=O)NCC(=O)O)cc2)CC1. The molecular weight excluding hydrogens is 284 g/mol. The molecular formula is C16H20N2O4. The predicted molar refractivity (Wildman–Crippen MR) is 81.4 cm³/mol. The fourth-order valence-corrected chi connectivity index (χ4v) is 2.28. The molecule has 0 aliphatic heterocycles. The van der Waals surface area contributed by atoms with Crippen molar-refractivity contribution in [3.63, 3.8) is 0 Å². The summed E-state index contributed by atoms with van der Waals surface area (Å²) in [6.45, 7) is 1.64. The van der Waals surface area contributed by atoms with Crippen LogP contribution < -0.4 is 10.6 Å². The van der Waals surface area contributed by atoms with Gasteiger partial charge in [0.05, 0.1) is 6.42 Å². The minimum atomic E-state index is -1.07. The molecule has 1 aliphatic rings. The minimum absolute atomic E-state index is 0.0574. The fourth-order valence-electron chi connectivity index (χ4n) is 2.28. The molecule has 1 saturated carbocycles. The molecule has 6 heteroatoms. The summed E-state index contributed by atoms with van der Waals surface area (Å²) in [6.07, 6.45) is 2.84. The van der Waals surface area contributed by atoms with Crippen LogP contribution >= 0.6 is 0 Å². The van der Waals surface area contributed by atoms with Crippen molar-refractivity contribution in [2.24, 2.45) is 5.41 Å². The van der Waals surface area contributed by atoms with Gasteiger partial charge in [0.25, 0.3) is 0 Å². The molecule has 6 nitrogen and oxygen atoms in total. The zero-order chi connectivity index (χ0) is 16.2. The lowest BCUT2D eigenvalue weighted by Crippen LogP contribution is -2.30. The van der Waals surface area contributed by atoms with Crippen LogP contribution in [0.4, 0.5) is 5.69 Å². The topological polar surface area (TPSA) is 95.5 Å². The Kier molecular flexibility index (Phi) is 4.80. The monoisotopic (exact) mass is 304 g/mol. The number of carbonyl (C=O) groups is 3. The van der Waals surface area contributed by atoms with E-state index < -0.39 is 5.97 Å². The maximum absolute atomic E-state index is 12.1. The van der Waals surface area contributed by atoms with E-state index in [1.54, 1.807) is 24.3 Å². The van der Waals surface area contributed by atoms with E-state index in [1.165, 1.54) is 0 Å². The largest absolute Gasteiger partial charge is 0.480 e. The Morgan fingerprint density at radius 2 is 1.82 bits per heavy atom. The van der Waals surface area contributed by atoms with E-state index in [4.69, 9.17) is 5.11 Å². The van der Waals surface area contributed by atoms with Crippen LogP contribution in [0.2, 0.25) is 0 Å². The Bertz CT molecular complexity index is 576. The number of rotatable bonds is 7. The molecule has 0 heterocycles. The van der Waals surface area contributed by atoms with Gasteiger partial charge in [-0.25, -0.2) is 0 Å². The van der Waals surface area contributed by atoms with Crippen molar-refractivity contribution in [3.8, 4) is 0 Å². The average molecular weight is 304 g/mol. The molecule has 0 saturated heterocycles. The second kappa shape index (κ2) is 6.60. The van der Waals surface area contributed by atoms with Gasteiger partial charge in [0.1, 0.15) is 6.54 Å². The van der Waals surface area contributed by atoms with Gasteiger partial charge in [-0.15, -0.1) is 0 Å². The number of nitrogens with one attached hydrogen (secondary N) is 2. The summed E-state index contributed by atoms with van der Waals surface area (Å²) in [5, 5.41) is 13.7. The van der Waals surface area contributed by atoms with Gasteiger partial charge in [0.2, 0.25) is 11.8 Å². The molecule has 118 valence electrons. The summed E-state index contributed by atoms with van der Waals surface area (Å²) in [5.41, 5.74) is 1.28. The normalized spacial score (nSPS) is 15.0. The molecule has 0 radical (unpaired) electrons. The Balaban J connectivity index is 1.86. The standard InChI is InChI=1S/C16H20N2O4/c1-2-16(7-8-16)15(22)18-12-5-3-11(4-6-12)9-13(19)17-10-14(20)21/h3-6H,2,7-10H2,1H3,(H,17,19)(H,18,22)(H,20,21). The Morgan fingerprint density at radius 1 is 1.18 bits per heavy atom. The number of benzene rings is 1. The Morgan fingerprint density at radius 3 is 2.32 bits per heavy atom. The van der Waals surface area contributed by atoms with Crippen molar-refractivity contribution in [3.05, 3.63) is 29.8 Å². The van der Waals surface area contributed by atoms with Crippen LogP contribution in [0.3, 0.4) is 0 Å². The van der Waals surface area contributed by atoms with Gasteiger partial charge in [0.15, 0.2) is 0 Å². The number of hydrogen-bond acceptors (Lipinski definition) is 3. The van der Waals surface area contributed by atoms with Crippen LogP contribution in [0.5, 0.6) is 0 Å². The molecule has 2 amide bonds. The average Bonchev–Trinajstić information content (AvgIpc) is 3.28. The van der Waals surface area contributed by atoms with Gasteiger partial charge in [-0.3, -0.25) is 14.4 Å². The van der Waals surface area contributed by atoms with Crippen LogP contribution in [0.25, 0.3) is 0 Å². The van der Waals surface area contributed by atoms with Gasteiger partial charge in [-0.2, -0.15) is 0 Å². The van der Waals surface area contributed by atoms with E-state index in [2.05, 4.69) is 10.6 Å². The van der Waals surface area contributed by atoms with Crippen molar-refractivity contribution >= 4 is 23.5 Å².